The largest absolute Gasteiger partial charge is 0.457 e. The zero-order valence-corrected chi connectivity index (χ0v) is 14.6. The molecule has 0 fully saturated rings. The minimum atomic E-state index is -0.743. The van der Waals surface area contributed by atoms with Gasteiger partial charge in [-0.2, -0.15) is 0 Å². The Morgan fingerprint density at radius 2 is 1.89 bits per heavy atom. The fraction of sp³-hybridized carbons (Fsp3) is 0.158. The molecule has 3 aromatic rings. The van der Waals surface area contributed by atoms with Crippen molar-refractivity contribution in [3.05, 3.63) is 79.2 Å². The maximum absolute atomic E-state index is 12.3. The second kappa shape index (κ2) is 6.91. The molecule has 1 heterocycles. The van der Waals surface area contributed by atoms with Crippen LogP contribution in [0.5, 0.6) is 0 Å². The lowest BCUT2D eigenvalue weighted by Gasteiger charge is -2.10. The van der Waals surface area contributed by atoms with E-state index in [-0.39, 0.29) is 23.5 Å². The van der Waals surface area contributed by atoms with Gasteiger partial charge in [-0.25, -0.2) is 9.59 Å². The summed E-state index contributed by atoms with van der Waals surface area (Å²) in [6.45, 7) is 3.66. The Kier molecular flexibility index (Phi) is 4.64. The van der Waals surface area contributed by atoms with Crippen molar-refractivity contribution in [1.82, 2.24) is 0 Å². The molecule has 2 aromatic carbocycles. The third kappa shape index (κ3) is 3.64. The van der Waals surface area contributed by atoms with Crippen LogP contribution in [0.3, 0.4) is 0 Å². The number of aryl methyl sites for hydroxylation is 2. The van der Waals surface area contributed by atoms with Gasteiger partial charge in [0.05, 0.1) is 16.2 Å². The molecular formula is C19H16N2O6. The summed E-state index contributed by atoms with van der Waals surface area (Å²) in [6, 6.07) is 8.38. The van der Waals surface area contributed by atoms with Crippen LogP contribution >= 0.6 is 0 Å². The summed E-state index contributed by atoms with van der Waals surface area (Å²) in [5, 5.41) is 11.4. The number of fused-ring (bicyclic) bond motifs is 1. The zero-order valence-electron chi connectivity index (χ0n) is 14.6. The molecule has 8 nitrogen and oxygen atoms in total. The van der Waals surface area contributed by atoms with Gasteiger partial charge in [-0.1, -0.05) is 0 Å². The van der Waals surface area contributed by atoms with Crippen LogP contribution in [0.2, 0.25) is 0 Å². The average Bonchev–Trinajstić information content (AvgIpc) is 2.60. The van der Waals surface area contributed by atoms with Crippen LogP contribution in [0.1, 0.15) is 27.0 Å². The van der Waals surface area contributed by atoms with Gasteiger partial charge in [-0.05, 0) is 43.2 Å². The van der Waals surface area contributed by atoms with Crippen LogP contribution in [-0.4, -0.2) is 10.9 Å². The number of nitrogens with zero attached hydrogens (tertiary/aromatic N) is 1. The number of nitro benzene ring substituents is 1. The highest BCUT2D eigenvalue weighted by Gasteiger charge is 2.16. The van der Waals surface area contributed by atoms with E-state index in [0.717, 1.165) is 17.2 Å². The van der Waals surface area contributed by atoms with Gasteiger partial charge in [0.15, 0.2) is 0 Å². The van der Waals surface area contributed by atoms with E-state index in [1.807, 2.05) is 19.9 Å². The summed E-state index contributed by atoms with van der Waals surface area (Å²) in [6.07, 6.45) is 0. The van der Waals surface area contributed by atoms with Crippen LogP contribution < -0.4 is 11.4 Å². The molecule has 0 aliphatic carbocycles. The average molecular weight is 368 g/mol. The van der Waals surface area contributed by atoms with Crippen molar-refractivity contribution in [3.63, 3.8) is 0 Å². The van der Waals surface area contributed by atoms with Crippen LogP contribution in [0.25, 0.3) is 11.0 Å². The predicted molar refractivity (Wildman–Crippen MR) is 98.6 cm³/mol. The van der Waals surface area contributed by atoms with Gasteiger partial charge in [-0.15, -0.1) is 0 Å². The van der Waals surface area contributed by atoms with Gasteiger partial charge in [-0.3, -0.25) is 10.1 Å². The Labute approximate surface area is 153 Å². The molecule has 138 valence electrons. The van der Waals surface area contributed by atoms with E-state index in [2.05, 4.69) is 0 Å². The van der Waals surface area contributed by atoms with E-state index in [1.165, 1.54) is 18.2 Å². The number of non-ortho nitro benzene ring substituents is 1. The van der Waals surface area contributed by atoms with Crippen molar-refractivity contribution in [1.29, 1.82) is 0 Å². The molecule has 8 heteroatoms. The molecule has 0 bridgehead atoms. The molecule has 0 aliphatic rings. The molecule has 0 amide bonds. The summed E-state index contributed by atoms with van der Waals surface area (Å²) < 4.78 is 10.5. The van der Waals surface area contributed by atoms with Gasteiger partial charge < -0.3 is 14.9 Å². The lowest BCUT2D eigenvalue weighted by Crippen LogP contribution is -2.10. The smallest absolute Gasteiger partial charge is 0.340 e. The first kappa shape index (κ1) is 18.1. The number of hydrogen-bond acceptors (Lipinski definition) is 7. The van der Waals surface area contributed by atoms with Gasteiger partial charge in [0.1, 0.15) is 12.2 Å². The lowest BCUT2D eigenvalue weighted by molar-refractivity contribution is -0.384. The standard InChI is InChI=1S/C19H16N2O6/c1-10-5-15-12(7-18(22)27-17(15)6-11(10)2)9-26-19(23)14-4-3-13(21(24)25)8-16(14)20/h3-8H,9,20H2,1-2H3. The minimum Gasteiger partial charge on any atom is -0.457 e. The molecule has 0 saturated heterocycles. The SMILES string of the molecule is Cc1cc2oc(=O)cc(COC(=O)c3ccc([N+](=O)[O-])cc3N)c2cc1C. The van der Waals surface area contributed by atoms with Gasteiger partial charge in [0.2, 0.25) is 0 Å². The van der Waals surface area contributed by atoms with E-state index in [1.54, 1.807) is 6.07 Å². The Hall–Kier alpha value is -3.68. The number of carbonyl (C=O) groups excluding carboxylic acids is 1. The number of carbonyl (C=O) groups is 1. The van der Waals surface area contributed by atoms with Crippen molar-refractivity contribution < 1.29 is 18.9 Å². The molecule has 0 aliphatic heterocycles. The Balaban J connectivity index is 1.89. The normalized spacial score (nSPS) is 10.7. The van der Waals surface area contributed by atoms with Crippen molar-refractivity contribution in [3.8, 4) is 0 Å². The lowest BCUT2D eigenvalue weighted by atomic mass is 10.0. The van der Waals surface area contributed by atoms with Crippen molar-refractivity contribution in [2.24, 2.45) is 0 Å². The summed E-state index contributed by atoms with van der Waals surface area (Å²) >= 11 is 0. The summed E-state index contributed by atoms with van der Waals surface area (Å²) in [4.78, 5) is 34.2. The summed E-state index contributed by atoms with van der Waals surface area (Å²) in [7, 11) is 0. The number of nitro groups is 1. The van der Waals surface area contributed by atoms with Crippen molar-refractivity contribution >= 4 is 28.3 Å². The molecule has 1 aromatic heterocycles. The quantitative estimate of drug-likeness (QED) is 0.246. The summed E-state index contributed by atoms with van der Waals surface area (Å²) in [5.41, 5.74) is 7.78. The highest BCUT2D eigenvalue weighted by Crippen LogP contribution is 2.24. The minimum absolute atomic E-state index is 0.0138. The number of nitrogen functional groups attached to an aromatic ring is 1. The number of esters is 1. The van der Waals surface area contributed by atoms with Gasteiger partial charge in [0.25, 0.3) is 5.69 Å². The highest BCUT2D eigenvalue weighted by atomic mass is 16.6. The van der Waals surface area contributed by atoms with E-state index >= 15 is 0 Å². The first-order chi connectivity index (χ1) is 12.8. The third-order valence-corrected chi connectivity index (χ3v) is 4.27. The molecule has 0 radical (unpaired) electrons. The van der Waals surface area contributed by atoms with Crippen LogP contribution in [-0.2, 0) is 11.3 Å². The molecule has 2 N–H and O–H groups in total. The van der Waals surface area contributed by atoms with Gasteiger partial charge in [0, 0.05) is 29.1 Å². The molecule has 0 spiro atoms. The first-order valence-electron chi connectivity index (χ1n) is 8.01. The molecule has 27 heavy (non-hydrogen) atoms. The number of benzene rings is 2. The second-order valence-electron chi connectivity index (χ2n) is 6.13. The molecular weight excluding hydrogens is 352 g/mol. The van der Waals surface area contributed by atoms with E-state index in [9.17, 15) is 19.7 Å². The zero-order chi connectivity index (χ0) is 19.7. The van der Waals surface area contributed by atoms with E-state index in [4.69, 9.17) is 14.9 Å². The fourth-order valence-electron chi connectivity index (χ4n) is 2.67. The first-order valence-corrected chi connectivity index (χ1v) is 8.01. The molecule has 0 saturated carbocycles. The highest BCUT2D eigenvalue weighted by molar-refractivity contribution is 5.95. The number of hydrogen-bond donors (Lipinski definition) is 1. The maximum atomic E-state index is 12.3. The Morgan fingerprint density at radius 1 is 1.19 bits per heavy atom. The molecule has 0 atom stereocenters. The maximum Gasteiger partial charge on any atom is 0.340 e. The molecule has 0 unspecified atom stereocenters. The third-order valence-electron chi connectivity index (χ3n) is 4.27. The number of nitrogens with two attached hydrogens (primary N) is 1. The number of ether oxygens (including phenoxy) is 1. The van der Waals surface area contributed by atoms with Crippen LogP contribution in [0.15, 0.2) is 45.6 Å². The van der Waals surface area contributed by atoms with Crippen molar-refractivity contribution in [2.45, 2.75) is 20.5 Å². The Bertz CT molecular complexity index is 1130. The topological polar surface area (TPSA) is 126 Å². The monoisotopic (exact) mass is 368 g/mol. The fourth-order valence-corrected chi connectivity index (χ4v) is 2.67. The van der Waals surface area contributed by atoms with Crippen LogP contribution in [0, 0.1) is 24.0 Å². The predicted octanol–water partition coefficient (Wildman–Crippen LogP) is 3.26. The van der Waals surface area contributed by atoms with E-state index in [0.29, 0.717) is 16.5 Å². The van der Waals surface area contributed by atoms with Gasteiger partial charge >= 0.3 is 11.6 Å². The number of rotatable bonds is 4. The van der Waals surface area contributed by atoms with Crippen molar-refractivity contribution in [2.75, 3.05) is 5.73 Å². The Morgan fingerprint density at radius 3 is 2.56 bits per heavy atom. The summed E-state index contributed by atoms with van der Waals surface area (Å²) in [5.74, 6) is -0.743. The van der Waals surface area contributed by atoms with E-state index < -0.39 is 16.5 Å². The number of anilines is 1. The molecule has 3 rings (SSSR count). The second-order valence-corrected chi connectivity index (χ2v) is 6.13. The van der Waals surface area contributed by atoms with Crippen LogP contribution in [0.4, 0.5) is 11.4 Å².